The molecule has 1 aliphatic heterocycles. The van der Waals surface area contributed by atoms with Crippen molar-refractivity contribution in [3.63, 3.8) is 0 Å². The molecule has 1 heterocycles. The van der Waals surface area contributed by atoms with Crippen molar-refractivity contribution in [2.75, 3.05) is 13.7 Å². The summed E-state index contributed by atoms with van der Waals surface area (Å²) < 4.78 is 5.79. The number of likely N-dealkylation sites (N-methyl/N-ethyl adjacent to an activating group) is 1. The van der Waals surface area contributed by atoms with E-state index in [-0.39, 0.29) is 0 Å². The Hall–Kier alpha value is -1.02. The molecule has 2 atom stereocenters. The zero-order valence-electron chi connectivity index (χ0n) is 13.7. The third kappa shape index (κ3) is 4.74. The Bertz CT molecular complexity index is 404. The van der Waals surface area contributed by atoms with Crippen LogP contribution in [0.25, 0.3) is 0 Å². The van der Waals surface area contributed by atoms with Crippen LogP contribution in [0.2, 0.25) is 0 Å². The first-order valence-corrected chi connectivity index (χ1v) is 8.75. The van der Waals surface area contributed by atoms with E-state index in [1.54, 1.807) is 0 Å². The molecule has 0 radical (unpaired) electrons. The van der Waals surface area contributed by atoms with Crippen LogP contribution in [0.15, 0.2) is 24.3 Å². The van der Waals surface area contributed by atoms with Crippen molar-refractivity contribution in [3.8, 4) is 5.75 Å². The molecule has 1 aromatic carbocycles. The number of rotatable bonds is 9. The number of ether oxygens (including phenoxy) is 1. The summed E-state index contributed by atoms with van der Waals surface area (Å²) >= 11 is 0. The Kier molecular flexibility index (Phi) is 7.08. The Morgan fingerprint density at radius 1 is 1.14 bits per heavy atom. The molecule has 0 saturated carbocycles. The lowest BCUT2D eigenvalue weighted by atomic mass is 9.84. The summed E-state index contributed by atoms with van der Waals surface area (Å²) in [6.45, 7) is 3.13. The lowest BCUT2D eigenvalue weighted by molar-refractivity contribution is 0.243. The highest BCUT2D eigenvalue weighted by molar-refractivity contribution is 5.38. The second-order valence-electron chi connectivity index (χ2n) is 6.23. The molecular weight excluding hydrogens is 258 g/mol. The maximum atomic E-state index is 5.79. The maximum Gasteiger partial charge on any atom is 0.122 e. The summed E-state index contributed by atoms with van der Waals surface area (Å²) in [5, 5.41) is 3.56. The average Bonchev–Trinajstić information content (AvgIpc) is 2.54. The van der Waals surface area contributed by atoms with Gasteiger partial charge in [-0.15, -0.1) is 0 Å². The van der Waals surface area contributed by atoms with Crippen LogP contribution in [-0.4, -0.2) is 19.7 Å². The first kappa shape index (κ1) is 16.4. The summed E-state index contributed by atoms with van der Waals surface area (Å²) in [6.07, 6.45) is 10.7. The number of hydrogen-bond donors (Lipinski definition) is 1. The van der Waals surface area contributed by atoms with Gasteiger partial charge < -0.3 is 10.1 Å². The Balaban J connectivity index is 1.84. The van der Waals surface area contributed by atoms with Crippen LogP contribution in [0.4, 0.5) is 0 Å². The van der Waals surface area contributed by atoms with E-state index in [1.165, 1.54) is 50.5 Å². The molecule has 2 heteroatoms. The minimum atomic E-state index is 0.584. The lowest BCUT2D eigenvalue weighted by Crippen LogP contribution is -2.35. The van der Waals surface area contributed by atoms with E-state index in [4.69, 9.17) is 4.74 Å². The highest BCUT2D eigenvalue weighted by atomic mass is 16.5. The van der Waals surface area contributed by atoms with Crippen LogP contribution in [0.1, 0.15) is 69.8 Å². The molecule has 2 unspecified atom stereocenters. The highest BCUT2D eigenvalue weighted by Crippen LogP contribution is 2.36. The maximum absolute atomic E-state index is 5.79. The SMILES string of the molecule is CCCCCCCCC(NC)C1CCOc2ccccc21. The lowest BCUT2D eigenvalue weighted by Gasteiger charge is -2.32. The van der Waals surface area contributed by atoms with E-state index in [0.29, 0.717) is 12.0 Å². The number of benzene rings is 1. The Morgan fingerprint density at radius 3 is 2.71 bits per heavy atom. The van der Waals surface area contributed by atoms with Crippen molar-refractivity contribution in [3.05, 3.63) is 29.8 Å². The fourth-order valence-corrected chi connectivity index (χ4v) is 3.48. The largest absolute Gasteiger partial charge is 0.493 e. The van der Waals surface area contributed by atoms with Gasteiger partial charge in [-0.05, 0) is 31.5 Å². The zero-order chi connectivity index (χ0) is 14.9. The quantitative estimate of drug-likeness (QED) is 0.653. The summed E-state index contributed by atoms with van der Waals surface area (Å²) in [6, 6.07) is 9.14. The molecule has 1 aliphatic rings. The van der Waals surface area contributed by atoms with Gasteiger partial charge in [-0.3, -0.25) is 0 Å². The first-order chi connectivity index (χ1) is 10.4. The number of hydrogen-bond acceptors (Lipinski definition) is 2. The van der Waals surface area contributed by atoms with Crippen molar-refractivity contribution < 1.29 is 4.74 Å². The van der Waals surface area contributed by atoms with Gasteiger partial charge in [0.15, 0.2) is 0 Å². The van der Waals surface area contributed by atoms with Crippen molar-refractivity contribution in [1.29, 1.82) is 0 Å². The van der Waals surface area contributed by atoms with Gasteiger partial charge in [0, 0.05) is 12.0 Å². The molecule has 21 heavy (non-hydrogen) atoms. The highest BCUT2D eigenvalue weighted by Gasteiger charge is 2.27. The molecular formula is C19H31NO. The fraction of sp³-hybridized carbons (Fsp3) is 0.684. The van der Waals surface area contributed by atoms with Gasteiger partial charge in [0.2, 0.25) is 0 Å². The molecule has 2 rings (SSSR count). The zero-order valence-corrected chi connectivity index (χ0v) is 13.7. The van der Waals surface area contributed by atoms with Crippen molar-refractivity contribution in [1.82, 2.24) is 5.32 Å². The molecule has 2 nitrogen and oxygen atoms in total. The van der Waals surface area contributed by atoms with Crippen molar-refractivity contribution in [2.45, 2.75) is 70.3 Å². The molecule has 0 aliphatic carbocycles. The summed E-state index contributed by atoms with van der Waals surface area (Å²) in [7, 11) is 2.11. The summed E-state index contributed by atoms with van der Waals surface area (Å²) in [4.78, 5) is 0. The predicted molar refractivity (Wildman–Crippen MR) is 90.1 cm³/mol. The van der Waals surface area contributed by atoms with E-state index in [9.17, 15) is 0 Å². The van der Waals surface area contributed by atoms with E-state index in [0.717, 1.165) is 18.8 Å². The summed E-state index contributed by atoms with van der Waals surface area (Å²) in [5.74, 6) is 1.70. The number of unbranched alkanes of at least 4 members (excludes halogenated alkanes) is 5. The van der Waals surface area contributed by atoms with Gasteiger partial charge in [-0.25, -0.2) is 0 Å². The molecule has 1 N–H and O–H groups in total. The van der Waals surface area contributed by atoms with E-state index >= 15 is 0 Å². The Morgan fingerprint density at radius 2 is 1.90 bits per heavy atom. The van der Waals surface area contributed by atoms with Crippen LogP contribution >= 0.6 is 0 Å². The molecule has 0 spiro atoms. The Labute approximate surface area is 130 Å². The first-order valence-electron chi connectivity index (χ1n) is 8.75. The van der Waals surface area contributed by atoms with Crippen molar-refractivity contribution in [2.24, 2.45) is 0 Å². The number of nitrogens with one attached hydrogen (secondary N) is 1. The third-order valence-corrected chi connectivity index (χ3v) is 4.73. The van der Waals surface area contributed by atoms with E-state index < -0.39 is 0 Å². The molecule has 118 valence electrons. The number of fused-ring (bicyclic) bond motifs is 1. The topological polar surface area (TPSA) is 21.3 Å². The van der Waals surface area contributed by atoms with Crippen LogP contribution in [-0.2, 0) is 0 Å². The summed E-state index contributed by atoms with van der Waals surface area (Å²) in [5.41, 5.74) is 1.40. The van der Waals surface area contributed by atoms with Crippen LogP contribution in [0.5, 0.6) is 5.75 Å². The second-order valence-corrected chi connectivity index (χ2v) is 6.23. The number of para-hydroxylation sites is 1. The van der Waals surface area contributed by atoms with Gasteiger partial charge in [0.05, 0.1) is 6.61 Å². The second kappa shape index (κ2) is 9.09. The molecule has 0 fully saturated rings. The molecule has 1 aromatic rings. The van der Waals surface area contributed by atoms with Gasteiger partial charge in [0.25, 0.3) is 0 Å². The van der Waals surface area contributed by atoms with E-state index in [1.807, 2.05) is 0 Å². The van der Waals surface area contributed by atoms with Crippen LogP contribution in [0.3, 0.4) is 0 Å². The van der Waals surface area contributed by atoms with Crippen LogP contribution < -0.4 is 10.1 Å². The third-order valence-electron chi connectivity index (χ3n) is 4.73. The minimum absolute atomic E-state index is 0.584. The van der Waals surface area contributed by atoms with Gasteiger partial charge >= 0.3 is 0 Å². The van der Waals surface area contributed by atoms with Crippen LogP contribution in [0, 0.1) is 0 Å². The minimum Gasteiger partial charge on any atom is -0.493 e. The average molecular weight is 289 g/mol. The van der Waals surface area contributed by atoms with Crippen molar-refractivity contribution >= 4 is 0 Å². The van der Waals surface area contributed by atoms with Gasteiger partial charge in [0.1, 0.15) is 5.75 Å². The van der Waals surface area contributed by atoms with E-state index in [2.05, 4.69) is 43.6 Å². The molecule has 0 aromatic heterocycles. The van der Waals surface area contributed by atoms with Gasteiger partial charge in [-0.1, -0.05) is 63.6 Å². The monoisotopic (exact) mass is 289 g/mol. The standard InChI is InChI=1S/C19H31NO/c1-3-4-5-6-7-8-12-18(20-2)16-14-15-21-19-13-10-9-11-17(16)19/h9-11,13,16,18,20H,3-8,12,14-15H2,1-2H3. The molecule has 0 bridgehead atoms. The molecule has 0 saturated heterocycles. The smallest absolute Gasteiger partial charge is 0.122 e. The van der Waals surface area contributed by atoms with Gasteiger partial charge in [-0.2, -0.15) is 0 Å². The predicted octanol–water partition coefficient (Wildman–Crippen LogP) is 4.89. The molecule has 0 amide bonds. The normalized spacial score (nSPS) is 18.9. The fourth-order valence-electron chi connectivity index (χ4n) is 3.48.